The van der Waals surface area contributed by atoms with Crippen LogP contribution in [0.2, 0.25) is 0 Å². The van der Waals surface area contributed by atoms with E-state index in [1.54, 1.807) is 31.2 Å². The first-order valence-corrected chi connectivity index (χ1v) is 7.37. The van der Waals surface area contributed by atoms with Crippen LogP contribution >= 0.6 is 0 Å². The Balaban J connectivity index is 1.82. The molecule has 0 aliphatic heterocycles. The molecule has 120 valence electrons. The molecule has 0 radical (unpaired) electrons. The van der Waals surface area contributed by atoms with Crippen LogP contribution in [0.3, 0.4) is 0 Å². The average Bonchev–Trinajstić information content (AvgIpc) is 2.51. The van der Waals surface area contributed by atoms with Crippen LogP contribution in [0.15, 0.2) is 42.5 Å². The SMILES string of the molecule is Cc1ccc(NC(=O)CCNC(=O)c2ccccc2C)cc1F. The van der Waals surface area contributed by atoms with E-state index in [9.17, 15) is 14.0 Å². The van der Waals surface area contributed by atoms with Gasteiger partial charge in [0.05, 0.1) is 0 Å². The van der Waals surface area contributed by atoms with E-state index in [-0.39, 0.29) is 30.6 Å². The molecule has 0 aliphatic rings. The summed E-state index contributed by atoms with van der Waals surface area (Å²) in [7, 11) is 0. The smallest absolute Gasteiger partial charge is 0.251 e. The highest BCUT2D eigenvalue weighted by molar-refractivity contribution is 5.96. The number of aryl methyl sites for hydroxylation is 2. The van der Waals surface area contributed by atoms with Crippen LogP contribution in [0.4, 0.5) is 10.1 Å². The minimum Gasteiger partial charge on any atom is -0.352 e. The highest BCUT2D eigenvalue weighted by atomic mass is 19.1. The molecule has 23 heavy (non-hydrogen) atoms. The van der Waals surface area contributed by atoms with Gasteiger partial charge in [-0.3, -0.25) is 9.59 Å². The molecule has 0 spiro atoms. The molecule has 0 unspecified atom stereocenters. The lowest BCUT2D eigenvalue weighted by Crippen LogP contribution is -2.28. The van der Waals surface area contributed by atoms with Gasteiger partial charge in [-0.15, -0.1) is 0 Å². The van der Waals surface area contributed by atoms with Crippen molar-refractivity contribution in [1.29, 1.82) is 0 Å². The summed E-state index contributed by atoms with van der Waals surface area (Å²) < 4.78 is 13.4. The molecule has 0 bridgehead atoms. The Hall–Kier alpha value is -2.69. The number of hydrogen-bond donors (Lipinski definition) is 2. The highest BCUT2D eigenvalue weighted by Gasteiger charge is 2.09. The lowest BCUT2D eigenvalue weighted by atomic mass is 10.1. The third-order valence-electron chi connectivity index (χ3n) is 3.48. The molecule has 2 amide bonds. The zero-order valence-corrected chi connectivity index (χ0v) is 13.2. The monoisotopic (exact) mass is 314 g/mol. The third-order valence-corrected chi connectivity index (χ3v) is 3.48. The van der Waals surface area contributed by atoms with Gasteiger partial charge in [-0.1, -0.05) is 24.3 Å². The first-order chi connectivity index (χ1) is 11.0. The van der Waals surface area contributed by atoms with Gasteiger partial charge in [0.15, 0.2) is 0 Å². The minimum atomic E-state index is -0.365. The van der Waals surface area contributed by atoms with E-state index in [0.29, 0.717) is 16.8 Å². The Morgan fingerprint density at radius 2 is 1.78 bits per heavy atom. The molecule has 4 nitrogen and oxygen atoms in total. The summed E-state index contributed by atoms with van der Waals surface area (Å²) >= 11 is 0. The normalized spacial score (nSPS) is 10.2. The lowest BCUT2D eigenvalue weighted by molar-refractivity contribution is -0.116. The van der Waals surface area contributed by atoms with Crippen molar-refractivity contribution in [3.8, 4) is 0 Å². The number of rotatable bonds is 5. The second kappa shape index (κ2) is 7.54. The molecule has 2 aromatic carbocycles. The molecule has 0 saturated carbocycles. The maximum absolute atomic E-state index is 13.4. The van der Waals surface area contributed by atoms with Crippen LogP contribution in [-0.4, -0.2) is 18.4 Å². The summed E-state index contributed by atoms with van der Waals surface area (Å²) in [5, 5.41) is 5.31. The molecule has 0 heterocycles. The molecule has 2 N–H and O–H groups in total. The summed E-state index contributed by atoms with van der Waals surface area (Å²) in [6.45, 7) is 3.73. The van der Waals surface area contributed by atoms with Crippen molar-refractivity contribution < 1.29 is 14.0 Å². The Morgan fingerprint density at radius 3 is 2.48 bits per heavy atom. The molecular formula is C18H19FN2O2. The Bertz CT molecular complexity index is 729. The van der Waals surface area contributed by atoms with Crippen molar-refractivity contribution >= 4 is 17.5 Å². The van der Waals surface area contributed by atoms with Crippen LogP contribution in [0.25, 0.3) is 0 Å². The molecule has 0 fully saturated rings. The molecule has 0 saturated heterocycles. The molecule has 0 aromatic heterocycles. The molecule has 0 aliphatic carbocycles. The van der Waals surface area contributed by atoms with E-state index in [1.807, 2.05) is 19.1 Å². The van der Waals surface area contributed by atoms with Crippen molar-refractivity contribution in [2.75, 3.05) is 11.9 Å². The van der Waals surface area contributed by atoms with E-state index < -0.39 is 0 Å². The third kappa shape index (κ3) is 4.64. The van der Waals surface area contributed by atoms with Crippen LogP contribution in [0.5, 0.6) is 0 Å². The predicted octanol–water partition coefficient (Wildman–Crippen LogP) is 3.20. The highest BCUT2D eigenvalue weighted by Crippen LogP contribution is 2.13. The van der Waals surface area contributed by atoms with Gasteiger partial charge in [0, 0.05) is 24.2 Å². The zero-order valence-electron chi connectivity index (χ0n) is 13.2. The second-order valence-corrected chi connectivity index (χ2v) is 5.33. The van der Waals surface area contributed by atoms with Crippen molar-refractivity contribution in [2.45, 2.75) is 20.3 Å². The fraction of sp³-hybridized carbons (Fsp3) is 0.222. The van der Waals surface area contributed by atoms with Gasteiger partial charge >= 0.3 is 0 Å². The topological polar surface area (TPSA) is 58.2 Å². The van der Waals surface area contributed by atoms with Crippen LogP contribution in [0.1, 0.15) is 27.9 Å². The summed E-state index contributed by atoms with van der Waals surface area (Å²) in [6, 6.07) is 11.8. The van der Waals surface area contributed by atoms with Crippen molar-refractivity contribution in [2.24, 2.45) is 0 Å². The summed E-state index contributed by atoms with van der Waals surface area (Å²) in [5.74, 6) is -0.855. The number of benzene rings is 2. The Kier molecular flexibility index (Phi) is 5.46. The first-order valence-electron chi connectivity index (χ1n) is 7.37. The van der Waals surface area contributed by atoms with Gasteiger partial charge in [0.2, 0.25) is 5.91 Å². The average molecular weight is 314 g/mol. The quantitative estimate of drug-likeness (QED) is 0.890. The number of hydrogen-bond acceptors (Lipinski definition) is 2. The summed E-state index contributed by atoms with van der Waals surface area (Å²) in [6.07, 6.45) is 0.118. The van der Waals surface area contributed by atoms with Crippen LogP contribution in [0, 0.1) is 19.7 Å². The largest absolute Gasteiger partial charge is 0.352 e. The number of anilines is 1. The molecule has 2 rings (SSSR count). The molecular weight excluding hydrogens is 295 g/mol. The van der Waals surface area contributed by atoms with E-state index >= 15 is 0 Å². The zero-order chi connectivity index (χ0) is 16.8. The second-order valence-electron chi connectivity index (χ2n) is 5.33. The van der Waals surface area contributed by atoms with Gasteiger partial charge < -0.3 is 10.6 Å². The molecule has 2 aromatic rings. The summed E-state index contributed by atoms with van der Waals surface area (Å²) in [4.78, 5) is 23.8. The number of amides is 2. The number of nitrogens with one attached hydrogen (secondary N) is 2. The molecule has 0 atom stereocenters. The van der Waals surface area contributed by atoms with E-state index in [0.717, 1.165) is 5.56 Å². The maximum Gasteiger partial charge on any atom is 0.251 e. The number of carbonyl (C=O) groups is 2. The minimum absolute atomic E-state index is 0.118. The van der Waals surface area contributed by atoms with Crippen molar-refractivity contribution in [1.82, 2.24) is 5.32 Å². The molecule has 5 heteroatoms. The predicted molar refractivity (Wildman–Crippen MR) is 87.9 cm³/mol. The number of carbonyl (C=O) groups excluding carboxylic acids is 2. The first kappa shape index (κ1) is 16.7. The number of halogens is 1. The fourth-order valence-corrected chi connectivity index (χ4v) is 2.11. The van der Waals surface area contributed by atoms with E-state index in [2.05, 4.69) is 10.6 Å². The van der Waals surface area contributed by atoms with Crippen molar-refractivity contribution in [3.05, 3.63) is 65.0 Å². The van der Waals surface area contributed by atoms with Gasteiger partial charge in [0.25, 0.3) is 5.91 Å². The van der Waals surface area contributed by atoms with Gasteiger partial charge in [-0.2, -0.15) is 0 Å². The Morgan fingerprint density at radius 1 is 1.04 bits per heavy atom. The van der Waals surface area contributed by atoms with Crippen molar-refractivity contribution in [3.63, 3.8) is 0 Å². The van der Waals surface area contributed by atoms with Gasteiger partial charge in [-0.05, 0) is 43.2 Å². The van der Waals surface area contributed by atoms with Crippen LogP contribution in [-0.2, 0) is 4.79 Å². The lowest BCUT2D eigenvalue weighted by Gasteiger charge is -2.08. The van der Waals surface area contributed by atoms with E-state index in [1.165, 1.54) is 6.07 Å². The van der Waals surface area contributed by atoms with Gasteiger partial charge in [-0.25, -0.2) is 4.39 Å². The standard InChI is InChI=1S/C18H19FN2O2/c1-12-5-3-4-6-15(12)18(23)20-10-9-17(22)21-14-8-7-13(2)16(19)11-14/h3-8,11H,9-10H2,1-2H3,(H,20,23)(H,21,22). The summed E-state index contributed by atoms with van der Waals surface area (Å²) in [5.41, 5.74) is 2.40. The maximum atomic E-state index is 13.4. The van der Waals surface area contributed by atoms with E-state index in [4.69, 9.17) is 0 Å². The fourth-order valence-electron chi connectivity index (χ4n) is 2.11. The van der Waals surface area contributed by atoms with Gasteiger partial charge in [0.1, 0.15) is 5.82 Å². The van der Waals surface area contributed by atoms with Crippen LogP contribution < -0.4 is 10.6 Å². The Labute approximate surface area is 134 Å².